The van der Waals surface area contributed by atoms with Crippen LogP contribution in [-0.4, -0.2) is 40.9 Å². The summed E-state index contributed by atoms with van der Waals surface area (Å²) in [5, 5.41) is 9.37. The Bertz CT molecular complexity index is 467. The summed E-state index contributed by atoms with van der Waals surface area (Å²) in [5.41, 5.74) is 1.76. The topological polar surface area (TPSA) is 57.6 Å². The number of hydrogen-bond donors (Lipinski definition) is 1. The Balaban J connectivity index is 1.83. The zero-order valence-corrected chi connectivity index (χ0v) is 11.1. The van der Waals surface area contributed by atoms with Gasteiger partial charge in [0.1, 0.15) is 0 Å². The molecule has 0 radical (unpaired) electrons. The fourth-order valence-electron chi connectivity index (χ4n) is 2.23. The van der Waals surface area contributed by atoms with Gasteiger partial charge in [-0.2, -0.15) is 0 Å². The summed E-state index contributed by atoms with van der Waals surface area (Å²) in [6, 6.07) is 7.38. The number of rotatable bonds is 4. The van der Waals surface area contributed by atoms with Crippen LogP contribution in [0.3, 0.4) is 0 Å². The molecule has 1 N–H and O–H groups in total. The van der Waals surface area contributed by atoms with Crippen LogP contribution in [0.5, 0.6) is 0 Å². The van der Waals surface area contributed by atoms with E-state index in [1.165, 1.54) is 0 Å². The molecule has 1 aromatic carbocycles. The highest BCUT2D eigenvalue weighted by Gasteiger charge is 2.24. The molecule has 1 heterocycles. The van der Waals surface area contributed by atoms with E-state index in [4.69, 9.17) is 0 Å². The lowest BCUT2D eigenvalue weighted by atomic mass is 10.0. The van der Waals surface area contributed by atoms with Crippen molar-refractivity contribution in [3.63, 3.8) is 0 Å². The number of β-amino-alcohol motifs (C(OH)–C–C–N with tert-alkyl or cyclic N) is 1. The first-order valence-electron chi connectivity index (χ1n) is 6.62. The molecule has 102 valence electrons. The first kappa shape index (κ1) is 13.7. The molecule has 4 nitrogen and oxygen atoms in total. The van der Waals surface area contributed by atoms with Gasteiger partial charge in [-0.25, -0.2) is 0 Å². The lowest BCUT2D eigenvalue weighted by Crippen LogP contribution is -2.29. The van der Waals surface area contributed by atoms with Crippen molar-refractivity contribution in [2.24, 2.45) is 0 Å². The van der Waals surface area contributed by atoms with Gasteiger partial charge < -0.3 is 10.0 Å². The van der Waals surface area contributed by atoms with E-state index in [1.54, 1.807) is 17.0 Å². The van der Waals surface area contributed by atoms with Gasteiger partial charge in [0.15, 0.2) is 5.78 Å². The molecule has 1 aliphatic heterocycles. The molecule has 1 fully saturated rings. The molecule has 2 rings (SSSR count). The fourth-order valence-corrected chi connectivity index (χ4v) is 2.23. The highest BCUT2D eigenvalue weighted by atomic mass is 16.3. The second-order valence-electron chi connectivity index (χ2n) is 5.07. The number of nitrogens with zero attached hydrogens (tertiary/aromatic N) is 1. The first-order valence-corrected chi connectivity index (χ1v) is 6.62. The lowest BCUT2D eigenvalue weighted by Gasteiger charge is -2.14. The minimum Gasteiger partial charge on any atom is -0.391 e. The van der Waals surface area contributed by atoms with Gasteiger partial charge >= 0.3 is 0 Å². The van der Waals surface area contributed by atoms with Gasteiger partial charge in [-0.1, -0.05) is 29.8 Å². The summed E-state index contributed by atoms with van der Waals surface area (Å²) >= 11 is 0. The van der Waals surface area contributed by atoms with E-state index in [0.717, 1.165) is 5.56 Å². The summed E-state index contributed by atoms with van der Waals surface area (Å²) < 4.78 is 0. The van der Waals surface area contributed by atoms with Crippen LogP contribution in [0.4, 0.5) is 0 Å². The Morgan fingerprint density at radius 3 is 2.53 bits per heavy atom. The largest absolute Gasteiger partial charge is 0.391 e. The third-order valence-electron chi connectivity index (χ3n) is 3.46. The van der Waals surface area contributed by atoms with E-state index in [9.17, 15) is 14.7 Å². The summed E-state index contributed by atoms with van der Waals surface area (Å²) in [6.45, 7) is 2.97. The van der Waals surface area contributed by atoms with Crippen LogP contribution in [0.15, 0.2) is 24.3 Å². The second-order valence-corrected chi connectivity index (χ2v) is 5.07. The quantitative estimate of drug-likeness (QED) is 0.837. The SMILES string of the molecule is Cc1ccc(C(=O)CCC(=O)N2CC[C@@H](O)C2)cc1. The number of aliphatic hydroxyl groups is 1. The van der Waals surface area contributed by atoms with Gasteiger partial charge in [0.2, 0.25) is 5.91 Å². The van der Waals surface area contributed by atoms with Crippen LogP contribution in [0.1, 0.15) is 35.2 Å². The molecule has 0 aliphatic carbocycles. The molecule has 4 heteroatoms. The Morgan fingerprint density at radius 1 is 1.26 bits per heavy atom. The highest BCUT2D eigenvalue weighted by Crippen LogP contribution is 2.13. The predicted octanol–water partition coefficient (Wildman–Crippen LogP) is 1.55. The van der Waals surface area contributed by atoms with Gasteiger partial charge in [0.05, 0.1) is 6.10 Å². The van der Waals surface area contributed by atoms with Crippen molar-refractivity contribution in [1.29, 1.82) is 0 Å². The first-order chi connectivity index (χ1) is 9.06. The minimum absolute atomic E-state index is 0.00639. The van der Waals surface area contributed by atoms with Gasteiger partial charge in [0, 0.05) is 31.5 Å². The maximum absolute atomic E-state index is 11.9. The molecule has 1 aromatic rings. The Hall–Kier alpha value is -1.68. The zero-order chi connectivity index (χ0) is 13.8. The molecule has 1 saturated heterocycles. The van der Waals surface area contributed by atoms with E-state index in [-0.39, 0.29) is 24.5 Å². The number of carbonyl (C=O) groups excluding carboxylic acids is 2. The van der Waals surface area contributed by atoms with Crippen molar-refractivity contribution in [1.82, 2.24) is 4.90 Å². The third kappa shape index (κ3) is 3.64. The average Bonchev–Trinajstić information content (AvgIpc) is 2.83. The Morgan fingerprint density at radius 2 is 1.95 bits per heavy atom. The van der Waals surface area contributed by atoms with Crippen molar-refractivity contribution < 1.29 is 14.7 Å². The van der Waals surface area contributed by atoms with Crippen LogP contribution in [-0.2, 0) is 4.79 Å². The molecular weight excluding hydrogens is 242 g/mol. The number of amides is 1. The second kappa shape index (κ2) is 5.97. The average molecular weight is 261 g/mol. The number of Topliss-reactive ketones (excluding diaryl/α,β-unsaturated/α-hetero) is 1. The van der Waals surface area contributed by atoms with Crippen molar-refractivity contribution in [3.05, 3.63) is 35.4 Å². The lowest BCUT2D eigenvalue weighted by molar-refractivity contribution is -0.130. The minimum atomic E-state index is -0.406. The molecule has 0 aromatic heterocycles. The van der Waals surface area contributed by atoms with Gasteiger partial charge in [-0.15, -0.1) is 0 Å². The number of ketones is 1. The molecule has 1 amide bonds. The van der Waals surface area contributed by atoms with E-state index in [0.29, 0.717) is 25.1 Å². The number of hydrogen-bond acceptors (Lipinski definition) is 3. The molecule has 0 unspecified atom stereocenters. The van der Waals surface area contributed by atoms with Gasteiger partial charge in [-0.05, 0) is 13.3 Å². The Kier molecular flexibility index (Phi) is 4.32. The maximum Gasteiger partial charge on any atom is 0.223 e. The monoisotopic (exact) mass is 261 g/mol. The normalized spacial score (nSPS) is 18.6. The van der Waals surface area contributed by atoms with E-state index < -0.39 is 6.10 Å². The van der Waals surface area contributed by atoms with E-state index >= 15 is 0 Å². The summed E-state index contributed by atoms with van der Waals surface area (Å²) in [7, 11) is 0. The van der Waals surface area contributed by atoms with E-state index in [1.807, 2.05) is 19.1 Å². The standard InChI is InChI=1S/C15H19NO3/c1-11-2-4-12(5-3-11)14(18)6-7-15(19)16-9-8-13(17)10-16/h2-5,13,17H,6-10H2,1H3/t13-/m1/s1. The van der Waals surface area contributed by atoms with Crippen LogP contribution < -0.4 is 0 Å². The predicted molar refractivity (Wildman–Crippen MR) is 71.9 cm³/mol. The number of aliphatic hydroxyl groups excluding tert-OH is 1. The van der Waals surface area contributed by atoms with Crippen LogP contribution >= 0.6 is 0 Å². The highest BCUT2D eigenvalue weighted by molar-refractivity contribution is 5.98. The van der Waals surface area contributed by atoms with Crippen molar-refractivity contribution in [3.8, 4) is 0 Å². The molecule has 19 heavy (non-hydrogen) atoms. The van der Waals surface area contributed by atoms with Gasteiger partial charge in [-0.3, -0.25) is 9.59 Å². The van der Waals surface area contributed by atoms with Crippen molar-refractivity contribution >= 4 is 11.7 Å². The zero-order valence-electron chi connectivity index (χ0n) is 11.1. The molecule has 0 spiro atoms. The van der Waals surface area contributed by atoms with Crippen molar-refractivity contribution in [2.45, 2.75) is 32.3 Å². The number of likely N-dealkylation sites (tertiary alicyclic amines) is 1. The van der Waals surface area contributed by atoms with E-state index in [2.05, 4.69) is 0 Å². The molecular formula is C15H19NO3. The third-order valence-corrected chi connectivity index (χ3v) is 3.46. The van der Waals surface area contributed by atoms with Crippen LogP contribution in [0.2, 0.25) is 0 Å². The Labute approximate surface area is 113 Å². The smallest absolute Gasteiger partial charge is 0.223 e. The van der Waals surface area contributed by atoms with Crippen LogP contribution in [0.25, 0.3) is 0 Å². The summed E-state index contributed by atoms with van der Waals surface area (Å²) in [5.74, 6) is -0.0508. The number of benzene rings is 1. The molecule has 1 aliphatic rings. The van der Waals surface area contributed by atoms with Gasteiger partial charge in [0.25, 0.3) is 0 Å². The van der Waals surface area contributed by atoms with Crippen molar-refractivity contribution in [2.75, 3.05) is 13.1 Å². The number of aryl methyl sites for hydroxylation is 1. The molecule has 0 saturated carbocycles. The fraction of sp³-hybridized carbons (Fsp3) is 0.467. The molecule has 1 atom stereocenters. The maximum atomic E-state index is 11.9. The number of carbonyl (C=O) groups is 2. The summed E-state index contributed by atoms with van der Waals surface area (Å²) in [6.07, 6.45) is 0.683. The van der Waals surface area contributed by atoms with Crippen LogP contribution in [0, 0.1) is 6.92 Å². The molecule has 0 bridgehead atoms. The summed E-state index contributed by atoms with van der Waals surface area (Å²) in [4.78, 5) is 25.4.